The normalized spacial score (nSPS) is 32.4. The highest BCUT2D eigenvalue weighted by Crippen LogP contribution is 2.33. The Balaban J connectivity index is 2.45. The van der Waals surface area contributed by atoms with Crippen LogP contribution >= 0.6 is 0 Å². The van der Waals surface area contributed by atoms with Crippen LogP contribution in [0.25, 0.3) is 0 Å². The Bertz CT molecular complexity index is 133. The Labute approximate surface area is 87.9 Å². The highest BCUT2D eigenvalue weighted by Gasteiger charge is 2.37. The first kappa shape index (κ1) is 12.0. The Kier molecular flexibility index (Phi) is 5.49. The van der Waals surface area contributed by atoms with Crippen molar-refractivity contribution in [3.8, 4) is 0 Å². The maximum Gasteiger partial charge on any atom is 0.0984 e. The van der Waals surface area contributed by atoms with Crippen LogP contribution in [-0.2, 0) is 9.78 Å². The molecule has 1 rings (SSSR count). The van der Waals surface area contributed by atoms with Crippen LogP contribution in [0.1, 0.15) is 59.3 Å². The fraction of sp³-hybridized carbons (Fsp3) is 1.00. The molecule has 0 aromatic heterocycles. The molecule has 0 N–H and O–H groups in total. The van der Waals surface area contributed by atoms with Crippen molar-refractivity contribution in [3.63, 3.8) is 0 Å². The van der Waals surface area contributed by atoms with Crippen molar-refractivity contribution >= 4 is 0 Å². The number of rotatable bonds is 6. The molecule has 0 saturated carbocycles. The minimum Gasteiger partial charge on any atom is -0.233 e. The van der Waals surface area contributed by atoms with Crippen molar-refractivity contribution < 1.29 is 9.78 Å². The molecule has 1 heterocycles. The van der Waals surface area contributed by atoms with Gasteiger partial charge in [-0.1, -0.05) is 40.0 Å². The van der Waals surface area contributed by atoms with E-state index in [9.17, 15) is 0 Å². The van der Waals surface area contributed by atoms with Gasteiger partial charge in [-0.25, -0.2) is 9.78 Å². The van der Waals surface area contributed by atoms with Gasteiger partial charge in [0.15, 0.2) is 0 Å². The molecule has 1 aliphatic rings. The molecule has 14 heavy (non-hydrogen) atoms. The molecule has 2 nitrogen and oxygen atoms in total. The number of hydrogen-bond acceptors (Lipinski definition) is 2. The lowest BCUT2D eigenvalue weighted by atomic mass is 9.88. The molecule has 1 saturated heterocycles. The topological polar surface area (TPSA) is 18.5 Å². The zero-order valence-electron chi connectivity index (χ0n) is 9.79. The molecule has 2 heteroatoms. The van der Waals surface area contributed by atoms with Gasteiger partial charge in [0.2, 0.25) is 0 Å². The smallest absolute Gasteiger partial charge is 0.0984 e. The van der Waals surface area contributed by atoms with Gasteiger partial charge in [0.05, 0.1) is 12.2 Å². The van der Waals surface area contributed by atoms with E-state index in [0.29, 0.717) is 18.1 Å². The molecule has 2 atom stereocenters. The summed E-state index contributed by atoms with van der Waals surface area (Å²) in [7, 11) is 0. The fourth-order valence-electron chi connectivity index (χ4n) is 2.32. The zero-order valence-corrected chi connectivity index (χ0v) is 9.79. The second kappa shape index (κ2) is 6.41. The molecule has 0 bridgehead atoms. The van der Waals surface area contributed by atoms with E-state index >= 15 is 0 Å². The summed E-state index contributed by atoms with van der Waals surface area (Å²) in [5.74, 6) is 0.639. The Morgan fingerprint density at radius 3 is 1.50 bits per heavy atom. The molecule has 0 radical (unpaired) electrons. The lowest BCUT2D eigenvalue weighted by Gasteiger charge is -2.18. The molecule has 2 unspecified atom stereocenters. The van der Waals surface area contributed by atoms with Crippen LogP contribution in [0.2, 0.25) is 0 Å². The second-order valence-corrected chi connectivity index (χ2v) is 4.30. The Hall–Kier alpha value is -0.0800. The maximum atomic E-state index is 5.42. The van der Waals surface area contributed by atoms with Crippen molar-refractivity contribution in [2.24, 2.45) is 5.92 Å². The van der Waals surface area contributed by atoms with Gasteiger partial charge in [-0.15, -0.1) is 0 Å². The standard InChI is InChI=1S/C12H24O2/c1-4-7-10-11(8-5-2)13-14-12(10)9-6-3/h10-12H,4-9H2,1-3H3. The van der Waals surface area contributed by atoms with Gasteiger partial charge in [0.1, 0.15) is 0 Å². The molecule has 84 valence electrons. The van der Waals surface area contributed by atoms with Gasteiger partial charge in [0, 0.05) is 5.92 Å². The first-order chi connectivity index (χ1) is 6.83. The average molecular weight is 200 g/mol. The molecule has 1 aliphatic heterocycles. The number of hydrogen-bond donors (Lipinski definition) is 0. The first-order valence-corrected chi connectivity index (χ1v) is 6.15. The summed E-state index contributed by atoms with van der Waals surface area (Å²) in [6.07, 6.45) is 7.86. The van der Waals surface area contributed by atoms with E-state index in [1.165, 1.54) is 25.7 Å². The maximum absolute atomic E-state index is 5.42. The van der Waals surface area contributed by atoms with Crippen molar-refractivity contribution in [1.29, 1.82) is 0 Å². The highest BCUT2D eigenvalue weighted by molar-refractivity contribution is 4.80. The summed E-state index contributed by atoms with van der Waals surface area (Å²) in [6, 6.07) is 0. The Morgan fingerprint density at radius 2 is 1.14 bits per heavy atom. The molecule has 0 aromatic rings. The zero-order chi connectivity index (χ0) is 10.4. The average Bonchev–Trinajstić information content (AvgIpc) is 2.52. The largest absolute Gasteiger partial charge is 0.233 e. The molecular formula is C12H24O2. The SMILES string of the molecule is CCCC1OOC(CCC)C1CCC. The van der Waals surface area contributed by atoms with Gasteiger partial charge in [-0.3, -0.25) is 0 Å². The summed E-state index contributed by atoms with van der Waals surface area (Å²) < 4.78 is 0. The summed E-state index contributed by atoms with van der Waals surface area (Å²) >= 11 is 0. The van der Waals surface area contributed by atoms with Crippen LogP contribution in [0.4, 0.5) is 0 Å². The molecule has 0 aromatic carbocycles. The van der Waals surface area contributed by atoms with Crippen LogP contribution in [0, 0.1) is 5.92 Å². The lowest BCUT2D eigenvalue weighted by molar-refractivity contribution is -0.297. The van der Waals surface area contributed by atoms with Crippen molar-refractivity contribution in [2.75, 3.05) is 0 Å². The van der Waals surface area contributed by atoms with Gasteiger partial charge < -0.3 is 0 Å². The van der Waals surface area contributed by atoms with Crippen LogP contribution in [0.5, 0.6) is 0 Å². The van der Waals surface area contributed by atoms with E-state index in [0.717, 1.165) is 12.8 Å². The van der Waals surface area contributed by atoms with Gasteiger partial charge in [-0.2, -0.15) is 0 Å². The minimum absolute atomic E-state index is 0.358. The van der Waals surface area contributed by atoms with Crippen LogP contribution in [-0.4, -0.2) is 12.2 Å². The third-order valence-corrected chi connectivity index (χ3v) is 3.03. The van der Waals surface area contributed by atoms with Gasteiger partial charge >= 0.3 is 0 Å². The fourth-order valence-corrected chi connectivity index (χ4v) is 2.32. The van der Waals surface area contributed by atoms with E-state index < -0.39 is 0 Å². The van der Waals surface area contributed by atoms with E-state index in [1.807, 2.05) is 0 Å². The Morgan fingerprint density at radius 1 is 0.714 bits per heavy atom. The molecular weight excluding hydrogens is 176 g/mol. The van der Waals surface area contributed by atoms with Crippen LogP contribution in [0.15, 0.2) is 0 Å². The summed E-state index contributed by atoms with van der Waals surface area (Å²) in [5.41, 5.74) is 0. The van der Waals surface area contributed by atoms with Crippen molar-refractivity contribution in [2.45, 2.75) is 71.5 Å². The van der Waals surface area contributed by atoms with E-state index in [2.05, 4.69) is 20.8 Å². The van der Waals surface area contributed by atoms with Crippen molar-refractivity contribution in [3.05, 3.63) is 0 Å². The van der Waals surface area contributed by atoms with E-state index in [1.54, 1.807) is 0 Å². The molecule has 1 fully saturated rings. The lowest BCUT2D eigenvalue weighted by Crippen LogP contribution is -2.23. The van der Waals surface area contributed by atoms with Gasteiger partial charge in [-0.05, 0) is 19.3 Å². The molecule has 0 spiro atoms. The quantitative estimate of drug-likeness (QED) is 0.609. The third-order valence-electron chi connectivity index (χ3n) is 3.03. The first-order valence-electron chi connectivity index (χ1n) is 6.15. The minimum atomic E-state index is 0.358. The predicted octanol–water partition coefficient (Wildman–Crippen LogP) is 3.70. The van der Waals surface area contributed by atoms with Crippen molar-refractivity contribution in [1.82, 2.24) is 0 Å². The predicted molar refractivity (Wildman–Crippen MR) is 58.0 cm³/mol. The summed E-state index contributed by atoms with van der Waals surface area (Å²) in [5, 5.41) is 0. The van der Waals surface area contributed by atoms with Gasteiger partial charge in [0.25, 0.3) is 0 Å². The molecule has 0 aliphatic carbocycles. The highest BCUT2D eigenvalue weighted by atomic mass is 17.2. The summed E-state index contributed by atoms with van der Waals surface area (Å²) in [6.45, 7) is 6.66. The molecule has 0 amide bonds. The summed E-state index contributed by atoms with van der Waals surface area (Å²) in [4.78, 5) is 10.8. The second-order valence-electron chi connectivity index (χ2n) is 4.30. The van der Waals surface area contributed by atoms with E-state index in [4.69, 9.17) is 9.78 Å². The third kappa shape index (κ3) is 2.96. The van der Waals surface area contributed by atoms with Crippen LogP contribution in [0.3, 0.4) is 0 Å². The van der Waals surface area contributed by atoms with Crippen LogP contribution < -0.4 is 0 Å². The monoisotopic (exact) mass is 200 g/mol. The van der Waals surface area contributed by atoms with E-state index in [-0.39, 0.29) is 0 Å².